The van der Waals surface area contributed by atoms with Gasteiger partial charge in [-0.05, 0) is 38.5 Å². The maximum Gasteiger partial charge on any atom is 0.472 e. The number of hydrogen-bond donors (Lipinski definition) is 3. The molecule has 3 unspecified atom stereocenters. The maximum atomic E-state index is 12.8. The molecular weight excluding hydrogens is 707 g/mol. The van der Waals surface area contributed by atoms with Gasteiger partial charge in [-0.2, -0.15) is 0 Å². The van der Waals surface area contributed by atoms with Crippen LogP contribution in [0.2, 0.25) is 0 Å². The number of rotatable bonds is 43. The zero-order chi connectivity index (χ0) is 40.7. The number of carbonyl (C=O) groups is 1. The zero-order valence-electron chi connectivity index (χ0n) is 37.2. The summed E-state index contributed by atoms with van der Waals surface area (Å²) in [4.78, 5) is 23.0. The highest BCUT2D eigenvalue weighted by Gasteiger charge is 2.28. The van der Waals surface area contributed by atoms with E-state index in [9.17, 15) is 19.4 Å². The van der Waals surface area contributed by atoms with E-state index < -0.39 is 20.0 Å². The number of amides is 1. The largest absolute Gasteiger partial charge is 0.472 e. The molecule has 0 rings (SSSR count). The number of aliphatic hydroxyl groups excluding tert-OH is 1. The van der Waals surface area contributed by atoms with Crippen molar-refractivity contribution in [3.8, 4) is 0 Å². The minimum absolute atomic E-state index is 0.0762. The van der Waals surface area contributed by atoms with Crippen LogP contribution in [-0.4, -0.2) is 73.4 Å². The number of hydrogen-bond acceptors (Lipinski definition) is 5. The number of quaternary nitrogens is 1. The van der Waals surface area contributed by atoms with Gasteiger partial charge in [0.1, 0.15) is 13.2 Å². The van der Waals surface area contributed by atoms with Crippen LogP contribution in [0.15, 0.2) is 12.2 Å². The predicted molar refractivity (Wildman–Crippen MR) is 235 cm³/mol. The van der Waals surface area contributed by atoms with Gasteiger partial charge in [0.05, 0.1) is 39.9 Å². The third kappa shape index (κ3) is 41.2. The summed E-state index contributed by atoms with van der Waals surface area (Å²) < 4.78 is 23.5. The summed E-state index contributed by atoms with van der Waals surface area (Å²) in [7, 11) is 1.62. The Hall–Kier alpha value is -0.760. The second-order valence-electron chi connectivity index (χ2n) is 17.5. The molecule has 8 nitrogen and oxygen atoms in total. The summed E-state index contributed by atoms with van der Waals surface area (Å²) in [6, 6.07) is -0.753. The smallest absolute Gasteiger partial charge is 0.391 e. The first kappa shape index (κ1) is 54.2. The van der Waals surface area contributed by atoms with E-state index in [1.165, 1.54) is 161 Å². The molecule has 1 amide bonds. The zero-order valence-corrected chi connectivity index (χ0v) is 38.1. The number of phosphoric acid groups is 1. The Kier molecular flexibility index (Phi) is 38.2. The Labute approximate surface area is 342 Å². The van der Waals surface area contributed by atoms with Gasteiger partial charge in [-0.1, -0.05) is 193 Å². The van der Waals surface area contributed by atoms with Gasteiger partial charge in [0.15, 0.2) is 0 Å². The van der Waals surface area contributed by atoms with Crippen LogP contribution in [0.4, 0.5) is 0 Å². The highest BCUT2D eigenvalue weighted by atomic mass is 31.2. The van der Waals surface area contributed by atoms with E-state index in [-0.39, 0.29) is 19.1 Å². The molecule has 0 fully saturated rings. The standard InChI is InChI=1S/C46H93N2O6P/c1-6-8-10-12-14-15-16-17-18-19-20-21-22-23-24-25-26-27-28-29-30-31-32-33-34-36-38-40-46(50)47-44(45(49)39-37-35-13-11-9-7-2)43-54-55(51,52)53-42-41-48(3,4)5/h19-20,44-45,49H,6-18,21-43H2,1-5H3,(H-,47,50,51,52)/p+1/b20-19-. The number of aliphatic hydroxyl groups is 1. The van der Waals surface area contributed by atoms with Crippen LogP contribution < -0.4 is 5.32 Å². The number of nitrogens with one attached hydrogen (secondary N) is 1. The van der Waals surface area contributed by atoms with Crippen molar-refractivity contribution in [3.63, 3.8) is 0 Å². The van der Waals surface area contributed by atoms with Gasteiger partial charge in [-0.25, -0.2) is 4.57 Å². The molecule has 0 aliphatic heterocycles. The molecule has 0 saturated carbocycles. The minimum Gasteiger partial charge on any atom is -0.391 e. The van der Waals surface area contributed by atoms with Gasteiger partial charge in [0, 0.05) is 6.42 Å². The van der Waals surface area contributed by atoms with E-state index in [2.05, 4.69) is 31.3 Å². The number of nitrogens with zero attached hydrogens (tertiary/aromatic N) is 1. The van der Waals surface area contributed by atoms with E-state index in [1.807, 2.05) is 21.1 Å². The molecular formula is C46H94N2O6P+. The molecule has 0 aliphatic rings. The summed E-state index contributed by atoms with van der Waals surface area (Å²) in [5, 5.41) is 13.8. The van der Waals surface area contributed by atoms with Crippen LogP contribution >= 0.6 is 7.82 Å². The normalized spacial score (nSPS) is 14.4. The molecule has 0 bridgehead atoms. The van der Waals surface area contributed by atoms with Crippen molar-refractivity contribution in [2.75, 3.05) is 40.9 Å². The van der Waals surface area contributed by atoms with Crippen LogP contribution in [-0.2, 0) is 18.4 Å². The van der Waals surface area contributed by atoms with E-state index in [0.717, 1.165) is 38.5 Å². The predicted octanol–water partition coefficient (Wildman–Crippen LogP) is 13.1. The highest BCUT2D eigenvalue weighted by Crippen LogP contribution is 2.43. The molecule has 0 spiro atoms. The summed E-state index contributed by atoms with van der Waals surface area (Å²) in [5.74, 6) is -0.147. The van der Waals surface area contributed by atoms with E-state index in [1.54, 1.807) is 0 Å². The fourth-order valence-corrected chi connectivity index (χ4v) is 7.72. The lowest BCUT2D eigenvalue weighted by molar-refractivity contribution is -0.870. The topological polar surface area (TPSA) is 105 Å². The minimum atomic E-state index is -4.30. The lowest BCUT2D eigenvalue weighted by Gasteiger charge is -2.26. The van der Waals surface area contributed by atoms with Crippen LogP contribution in [0, 0.1) is 0 Å². The monoisotopic (exact) mass is 802 g/mol. The third-order valence-electron chi connectivity index (χ3n) is 10.8. The number of phosphoric ester groups is 1. The number of likely N-dealkylation sites (N-methyl/N-ethyl adjacent to an activating group) is 1. The molecule has 0 aliphatic carbocycles. The average Bonchev–Trinajstić information content (AvgIpc) is 3.13. The third-order valence-corrected chi connectivity index (χ3v) is 11.7. The Morgan fingerprint density at radius 3 is 1.40 bits per heavy atom. The van der Waals surface area contributed by atoms with E-state index in [4.69, 9.17) is 9.05 Å². The maximum absolute atomic E-state index is 12.8. The Morgan fingerprint density at radius 2 is 0.982 bits per heavy atom. The molecule has 328 valence electrons. The van der Waals surface area contributed by atoms with Gasteiger partial charge in [0.2, 0.25) is 5.91 Å². The Balaban J connectivity index is 3.93. The first-order chi connectivity index (χ1) is 26.5. The second kappa shape index (κ2) is 38.7. The molecule has 0 saturated heterocycles. The van der Waals surface area contributed by atoms with Gasteiger partial charge in [0.25, 0.3) is 0 Å². The summed E-state index contributed by atoms with van der Waals surface area (Å²) >= 11 is 0. The number of unbranched alkanes of at least 4 members (excludes halogenated alkanes) is 28. The van der Waals surface area contributed by atoms with E-state index in [0.29, 0.717) is 23.9 Å². The summed E-state index contributed by atoms with van der Waals surface area (Å²) in [6.45, 7) is 4.83. The van der Waals surface area contributed by atoms with Crippen molar-refractivity contribution in [1.82, 2.24) is 5.32 Å². The van der Waals surface area contributed by atoms with Gasteiger partial charge >= 0.3 is 7.82 Å². The summed E-state index contributed by atoms with van der Waals surface area (Å²) in [5.41, 5.74) is 0. The fourth-order valence-electron chi connectivity index (χ4n) is 6.98. The lowest BCUT2D eigenvalue weighted by atomic mass is 10.0. The molecule has 0 aromatic heterocycles. The van der Waals surface area contributed by atoms with Crippen molar-refractivity contribution in [3.05, 3.63) is 12.2 Å². The Bertz CT molecular complexity index is 911. The quantitative estimate of drug-likeness (QED) is 0.0245. The van der Waals surface area contributed by atoms with Gasteiger partial charge in [-0.15, -0.1) is 0 Å². The van der Waals surface area contributed by atoms with E-state index >= 15 is 0 Å². The van der Waals surface area contributed by atoms with Crippen molar-refractivity contribution in [2.45, 2.75) is 238 Å². The molecule has 0 aromatic rings. The molecule has 3 N–H and O–H groups in total. The second-order valence-corrected chi connectivity index (χ2v) is 18.9. The Morgan fingerprint density at radius 1 is 0.600 bits per heavy atom. The SMILES string of the molecule is CCCCCCCCCC/C=C\CCCCCCCCCCCCCCCCCC(=O)NC(COP(=O)(O)OCC[N+](C)(C)C)C(O)CCCCCCCC. The first-order valence-electron chi connectivity index (χ1n) is 23.6. The molecule has 9 heteroatoms. The van der Waals surface area contributed by atoms with Gasteiger partial charge in [-0.3, -0.25) is 13.8 Å². The summed E-state index contributed by atoms with van der Waals surface area (Å²) in [6.07, 6.45) is 44.3. The van der Waals surface area contributed by atoms with Crippen molar-refractivity contribution >= 4 is 13.7 Å². The van der Waals surface area contributed by atoms with Crippen molar-refractivity contribution < 1.29 is 32.9 Å². The molecule has 0 radical (unpaired) electrons. The molecule has 3 atom stereocenters. The first-order valence-corrected chi connectivity index (χ1v) is 25.0. The highest BCUT2D eigenvalue weighted by molar-refractivity contribution is 7.47. The fraction of sp³-hybridized carbons (Fsp3) is 0.935. The van der Waals surface area contributed by atoms with Crippen LogP contribution in [0.25, 0.3) is 0 Å². The lowest BCUT2D eigenvalue weighted by Crippen LogP contribution is -2.46. The number of allylic oxidation sites excluding steroid dienone is 2. The van der Waals surface area contributed by atoms with Crippen molar-refractivity contribution in [2.24, 2.45) is 0 Å². The molecule has 0 heterocycles. The average molecular weight is 802 g/mol. The number of carbonyl (C=O) groups excluding carboxylic acids is 1. The van der Waals surface area contributed by atoms with Crippen LogP contribution in [0.5, 0.6) is 0 Å². The van der Waals surface area contributed by atoms with Crippen LogP contribution in [0.1, 0.15) is 226 Å². The van der Waals surface area contributed by atoms with Crippen LogP contribution in [0.3, 0.4) is 0 Å². The van der Waals surface area contributed by atoms with Gasteiger partial charge < -0.3 is 19.8 Å². The van der Waals surface area contributed by atoms with Crippen molar-refractivity contribution in [1.29, 1.82) is 0 Å². The molecule has 0 aromatic carbocycles. The molecule has 55 heavy (non-hydrogen) atoms.